The third kappa shape index (κ3) is 3.29. The predicted octanol–water partition coefficient (Wildman–Crippen LogP) is 2.90. The maximum Gasteiger partial charge on any atom is 0.257 e. The van der Waals surface area contributed by atoms with Crippen molar-refractivity contribution in [3.8, 4) is 0 Å². The Kier molecular flexibility index (Phi) is 4.84. The van der Waals surface area contributed by atoms with Crippen LogP contribution in [0.15, 0.2) is 34.3 Å². The minimum Gasteiger partial charge on any atom is -0.345 e. The molecule has 18 heavy (non-hydrogen) atoms. The SMILES string of the molecule is CC(=O)/C(C(=O)N(C)C)=C(\C)c1ccc(Br)cc1. The molecule has 1 rings (SSSR count). The van der Waals surface area contributed by atoms with Crippen LogP contribution in [0.25, 0.3) is 5.57 Å². The molecule has 0 aliphatic heterocycles. The van der Waals surface area contributed by atoms with Crippen molar-refractivity contribution in [2.24, 2.45) is 0 Å². The number of rotatable bonds is 3. The fourth-order valence-electron chi connectivity index (χ4n) is 1.64. The fourth-order valence-corrected chi connectivity index (χ4v) is 1.91. The van der Waals surface area contributed by atoms with Crippen molar-refractivity contribution in [3.63, 3.8) is 0 Å². The van der Waals surface area contributed by atoms with E-state index < -0.39 is 0 Å². The summed E-state index contributed by atoms with van der Waals surface area (Å²) in [6.07, 6.45) is 0. The van der Waals surface area contributed by atoms with Crippen LogP contribution in [-0.2, 0) is 9.59 Å². The van der Waals surface area contributed by atoms with Crippen LogP contribution in [0.3, 0.4) is 0 Å². The highest BCUT2D eigenvalue weighted by molar-refractivity contribution is 9.10. The first-order valence-electron chi connectivity index (χ1n) is 5.54. The Morgan fingerprint density at radius 1 is 1.06 bits per heavy atom. The zero-order valence-corrected chi connectivity index (χ0v) is 12.5. The van der Waals surface area contributed by atoms with Gasteiger partial charge < -0.3 is 4.90 Å². The van der Waals surface area contributed by atoms with Crippen LogP contribution in [0, 0.1) is 0 Å². The molecule has 1 aromatic carbocycles. The molecule has 0 spiro atoms. The van der Waals surface area contributed by atoms with E-state index >= 15 is 0 Å². The number of halogens is 1. The topological polar surface area (TPSA) is 37.4 Å². The van der Waals surface area contributed by atoms with Crippen molar-refractivity contribution in [1.82, 2.24) is 4.90 Å². The average molecular weight is 310 g/mol. The summed E-state index contributed by atoms with van der Waals surface area (Å²) in [6, 6.07) is 7.53. The Balaban J connectivity index is 3.32. The van der Waals surface area contributed by atoms with E-state index in [0.717, 1.165) is 10.0 Å². The standard InChI is InChI=1S/C14H16BrNO2/c1-9(11-5-7-12(15)8-6-11)13(10(2)17)14(18)16(3)4/h5-8H,1-4H3/b13-9-. The molecule has 0 radical (unpaired) electrons. The number of hydrogen-bond donors (Lipinski definition) is 0. The summed E-state index contributed by atoms with van der Waals surface area (Å²) < 4.78 is 0.961. The number of benzene rings is 1. The van der Waals surface area contributed by atoms with E-state index in [9.17, 15) is 9.59 Å². The largest absolute Gasteiger partial charge is 0.345 e. The van der Waals surface area contributed by atoms with E-state index in [0.29, 0.717) is 5.57 Å². The Morgan fingerprint density at radius 2 is 1.56 bits per heavy atom. The van der Waals surface area contributed by atoms with Gasteiger partial charge in [-0.2, -0.15) is 0 Å². The molecule has 0 unspecified atom stereocenters. The third-order valence-electron chi connectivity index (χ3n) is 2.62. The maximum atomic E-state index is 12.0. The van der Waals surface area contributed by atoms with Gasteiger partial charge in [0, 0.05) is 18.6 Å². The number of allylic oxidation sites excluding steroid dienone is 1. The first-order valence-corrected chi connectivity index (χ1v) is 6.33. The third-order valence-corrected chi connectivity index (χ3v) is 3.15. The summed E-state index contributed by atoms with van der Waals surface area (Å²) in [4.78, 5) is 25.1. The van der Waals surface area contributed by atoms with Crippen LogP contribution in [0.5, 0.6) is 0 Å². The van der Waals surface area contributed by atoms with Crippen molar-refractivity contribution in [3.05, 3.63) is 39.9 Å². The predicted molar refractivity (Wildman–Crippen MR) is 76.1 cm³/mol. The van der Waals surface area contributed by atoms with Crippen LogP contribution >= 0.6 is 15.9 Å². The van der Waals surface area contributed by atoms with Crippen molar-refractivity contribution in [2.75, 3.05) is 14.1 Å². The van der Waals surface area contributed by atoms with Crippen LogP contribution in [0.2, 0.25) is 0 Å². The smallest absolute Gasteiger partial charge is 0.257 e. The number of Topliss-reactive ketones (excluding diaryl/α,β-unsaturated/α-hetero) is 1. The molecule has 1 amide bonds. The van der Waals surface area contributed by atoms with E-state index in [4.69, 9.17) is 0 Å². The van der Waals surface area contributed by atoms with E-state index in [-0.39, 0.29) is 17.3 Å². The van der Waals surface area contributed by atoms with E-state index in [1.807, 2.05) is 24.3 Å². The first-order chi connectivity index (χ1) is 8.34. The lowest BCUT2D eigenvalue weighted by Gasteiger charge is -2.14. The summed E-state index contributed by atoms with van der Waals surface area (Å²) in [5.41, 5.74) is 1.81. The van der Waals surface area contributed by atoms with E-state index in [2.05, 4.69) is 15.9 Å². The van der Waals surface area contributed by atoms with Gasteiger partial charge in [0.05, 0.1) is 5.57 Å². The van der Waals surface area contributed by atoms with Crippen LogP contribution in [-0.4, -0.2) is 30.7 Å². The van der Waals surface area contributed by atoms with Gasteiger partial charge >= 0.3 is 0 Å². The quantitative estimate of drug-likeness (QED) is 0.489. The molecule has 4 heteroatoms. The number of carbonyl (C=O) groups excluding carboxylic acids is 2. The highest BCUT2D eigenvalue weighted by Crippen LogP contribution is 2.22. The van der Waals surface area contributed by atoms with Gasteiger partial charge in [-0.3, -0.25) is 9.59 Å². The van der Waals surface area contributed by atoms with Crippen molar-refractivity contribution in [1.29, 1.82) is 0 Å². The molecule has 0 saturated carbocycles. The van der Waals surface area contributed by atoms with Crippen molar-refractivity contribution >= 4 is 33.2 Å². The zero-order chi connectivity index (χ0) is 13.9. The van der Waals surface area contributed by atoms with Gasteiger partial charge in [0.15, 0.2) is 5.78 Å². The molecular weight excluding hydrogens is 294 g/mol. The lowest BCUT2D eigenvalue weighted by Crippen LogP contribution is -2.27. The Hall–Kier alpha value is -1.42. The molecule has 1 aromatic rings. The molecule has 0 aliphatic rings. The highest BCUT2D eigenvalue weighted by Gasteiger charge is 2.20. The summed E-state index contributed by atoms with van der Waals surface area (Å²) in [7, 11) is 3.28. The molecule has 0 heterocycles. The van der Waals surface area contributed by atoms with Crippen LogP contribution < -0.4 is 0 Å². The number of hydrogen-bond acceptors (Lipinski definition) is 2. The summed E-state index contributed by atoms with van der Waals surface area (Å²) in [6.45, 7) is 3.21. The Morgan fingerprint density at radius 3 is 1.94 bits per heavy atom. The van der Waals surface area contributed by atoms with Crippen LogP contribution in [0.1, 0.15) is 19.4 Å². The average Bonchev–Trinajstić information content (AvgIpc) is 2.29. The molecule has 0 N–H and O–H groups in total. The number of ketones is 1. The second kappa shape index (κ2) is 5.96. The van der Waals surface area contributed by atoms with Crippen molar-refractivity contribution < 1.29 is 9.59 Å². The van der Waals surface area contributed by atoms with E-state index in [1.54, 1.807) is 21.0 Å². The minimum atomic E-state index is -0.261. The first kappa shape index (κ1) is 14.6. The summed E-state index contributed by atoms with van der Waals surface area (Å²) in [5.74, 6) is -0.475. The van der Waals surface area contributed by atoms with Gasteiger partial charge in [-0.1, -0.05) is 28.1 Å². The van der Waals surface area contributed by atoms with Crippen LogP contribution in [0.4, 0.5) is 0 Å². The molecule has 3 nitrogen and oxygen atoms in total. The minimum absolute atomic E-state index is 0.214. The van der Waals surface area contributed by atoms with Gasteiger partial charge in [0.1, 0.15) is 0 Å². The molecule has 0 aromatic heterocycles. The monoisotopic (exact) mass is 309 g/mol. The summed E-state index contributed by atoms with van der Waals surface area (Å²) >= 11 is 3.35. The van der Waals surface area contributed by atoms with Gasteiger partial charge in [0.25, 0.3) is 5.91 Å². The highest BCUT2D eigenvalue weighted by atomic mass is 79.9. The second-order valence-corrected chi connectivity index (χ2v) is 5.18. The Bertz CT molecular complexity index is 501. The molecule has 0 saturated heterocycles. The number of nitrogens with zero attached hydrogens (tertiary/aromatic N) is 1. The number of carbonyl (C=O) groups is 2. The fraction of sp³-hybridized carbons (Fsp3) is 0.286. The summed E-state index contributed by atoms with van der Waals surface area (Å²) in [5, 5.41) is 0. The zero-order valence-electron chi connectivity index (χ0n) is 11.0. The molecule has 96 valence electrons. The molecule has 0 fully saturated rings. The number of amides is 1. The number of likely N-dealkylation sites (N-methyl/N-ethyl adjacent to an activating group) is 1. The second-order valence-electron chi connectivity index (χ2n) is 4.26. The van der Waals surface area contributed by atoms with Crippen molar-refractivity contribution in [2.45, 2.75) is 13.8 Å². The normalized spacial score (nSPS) is 11.8. The van der Waals surface area contributed by atoms with Gasteiger partial charge in [-0.25, -0.2) is 0 Å². The molecule has 0 bridgehead atoms. The molecular formula is C14H16BrNO2. The molecule has 0 aliphatic carbocycles. The lowest BCUT2D eigenvalue weighted by atomic mass is 9.98. The van der Waals surface area contributed by atoms with Gasteiger partial charge in [-0.15, -0.1) is 0 Å². The molecule has 0 atom stereocenters. The van der Waals surface area contributed by atoms with Gasteiger partial charge in [-0.05, 0) is 37.1 Å². The Labute approximate surface area is 116 Å². The van der Waals surface area contributed by atoms with E-state index in [1.165, 1.54) is 11.8 Å². The lowest BCUT2D eigenvalue weighted by molar-refractivity contribution is -0.127. The van der Waals surface area contributed by atoms with Gasteiger partial charge in [0.2, 0.25) is 0 Å². The maximum absolute atomic E-state index is 12.0.